The van der Waals surface area contributed by atoms with Crippen LogP contribution in [-0.2, 0) is 9.59 Å². The molecule has 4 N–H and O–H groups in total. The van der Waals surface area contributed by atoms with Crippen molar-refractivity contribution in [2.75, 3.05) is 11.9 Å². The molecule has 0 aliphatic carbocycles. The van der Waals surface area contributed by atoms with Gasteiger partial charge in [0.1, 0.15) is 0 Å². The molecule has 1 aromatic carbocycles. The molecule has 2 unspecified atom stereocenters. The van der Waals surface area contributed by atoms with E-state index >= 15 is 0 Å². The summed E-state index contributed by atoms with van der Waals surface area (Å²) in [6.45, 7) is 2.44. The largest absolute Gasteiger partial charge is 0.356 e. The Kier molecular flexibility index (Phi) is 4.16. The van der Waals surface area contributed by atoms with Gasteiger partial charge in [-0.15, -0.1) is 0 Å². The van der Waals surface area contributed by atoms with Gasteiger partial charge in [-0.2, -0.15) is 0 Å². The lowest BCUT2D eigenvalue weighted by Crippen LogP contribution is -2.36. The number of nitrogens with one attached hydrogen (secondary N) is 2. The molecule has 2 rings (SSSR count). The minimum Gasteiger partial charge on any atom is -0.356 e. The lowest BCUT2D eigenvalue weighted by molar-refractivity contribution is -0.126. The first-order valence-corrected chi connectivity index (χ1v) is 6.50. The Morgan fingerprint density at radius 2 is 2.26 bits per heavy atom. The molecule has 1 heterocycles. The number of fused-ring (bicyclic) bond motifs is 1. The Balaban J connectivity index is 2.07. The van der Waals surface area contributed by atoms with E-state index in [2.05, 4.69) is 10.6 Å². The highest BCUT2D eigenvalue weighted by atomic mass is 16.2. The fourth-order valence-electron chi connectivity index (χ4n) is 2.19. The molecule has 0 spiro atoms. The van der Waals surface area contributed by atoms with Crippen molar-refractivity contribution >= 4 is 17.5 Å². The van der Waals surface area contributed by atoms with Crippen LogP contribution in [0, 0.1) is 0 Å². The molecule has 5 heteroatoms. The van der Waals surface area contributed by atoms with Crippen molar-refractivity contribution < 1.29 is 9.59 Å². The van der Waals surface area contributed by atoms with E-state index in [1.165, 1.54) is 0 Å². The predicted molar refractivity (Wildman–Crippen MR) is 73.7 cm³/mol. The van der Waals surface area contributed by atoms with E-state index in [1.54, 1.807) is 0 Å². The van der Waals surface area contributed by atoms with E-state index in [0.717, 1.165) is 17.7 Å². The summed E-state index contributed by atoms with van der Waals surface area (Å²) in [5.41, 5.74) is 7.24. The van der Waals surface area contributed by atoms with Gasteiger partial charge in [-0.3, -0.25) is 9.59 Å². The van der Waals surface area contributed by atoms with Gasteiger partial charge >= 0.3 is 0 Å². The number of hydrogen-bond acceptors (Lipinski definition) is 3. The second-order valence-corrected chi connectivity index (χ2v) is 4.95. The lowest BCUT2D eigenvalue weighted by Gasteiger charge is -2.24. The molecule has 0 aromatic heterocycles. The molecule has 2 atom stereocenters. The number of carbonyl (C=O) groups excluding carboxylic acids is 2. The number of nitrogens with two attached hydrogens (primary N) is 1. The summed E-state index contributed by atoms with van der Waals surface area (Å²) in [5, 5.41) is 5.63. The van der Waals surface area contributed by atoms with Crippen LogP contribution in [0.4, 0.5) is 5.69 Å². The van der Waals surface area contributed by atoms with Crippen molar-refractivity contribution in [1.29, 1.82) is 0 Å². The van der Waals surface area contributed by atoms with Crippen molar-refractivity contribution in [1.82, 2.24) is 5.32 Å². The van der Waals surface area contributed by atoms with Crippen LogP contribution >= 0.6 is 0 Å². The van der Waals surface area contributed by atoms with Crippen LogP contribution in [-0.4, -0.2) is 24.4 Å². The molecule has 0 radical (unpaired) electrons. The van der Waals surface area contributed by atoms with Gasteiger partial charge in [-0.05, 0) is 25.0 Å². The van der Waals surface area contributed by atoms with E-state index in [9.17, 15) is 9.59 Å². The smallest absolute Gasteiger partial charge is 0.228 e. The van der Waals surface area contributed by atoms with Gasteiger partial charge in [0.25, 0.3) is 0 Å². The SMILES string of the molecule is CC(N)CCNC(=O)C1CC(=O)Nc2ccccc21. The van der Waals surface area contributed by atoms with Gasteiger partial charge in [0.2, 0.25) is 11.8 Å². The molecule has 1 aliphatic rings. The fraction of sp³-hybridized carbons (Fsp3) is 0.429. The van der Waals surface area contributed by atoms with Crippen LogP contribution in [0.5, 0.6) is 0 Å². The summed E-state index contributed by atoms with van der Waals surface area (Å²) in [5.74, 6) is -0.632. The van der Waals surface area contributed by atoms with E-state index in [4.69, 9.17) is 5.73 Å². The molecule has 0 saturated heterocycles. The maximum absolute atomic E-state index is 12.2. The molecule has 0 bridgehead atoms. The van der Waals surface area contributed by atoms with Crippen LogP contribution in [0.25, 0.3) is 0 Å². The van der Waals surface area contributed by atoms with Crippen LogP contribution in [0.2, 0.25) is 0 Å². The first kappa shape index (κ1) is 13.5. The highest BCUT2D eigenvalue weighted by molar-refractivity contribution is 6.01. The van der Waals surface area contributed by atoms with Gasteiger partial charge in [-0.1, -0.05) is 18.2 Å². The van der Waals surface area contributed by atoms with E-state index < -0.39 is 5.92 Å². The maximum atomic E-state index is 12.2. The summed E-state index contributed by atoms with van der Waals surface area (Å²) >= 11 is 0. The van der Waals surface area contributed by atoms with Gasteiger partial charge in [-0.25, -0.2) is 0 Å². The Morgan fingerprint density at radius 1 is 1.53 bits per heavy atom. The topological polar surface area (TPSA) is 84.2 Å². The molecular weight excluding hydrogens is 242 g/mol. The fourth-order valence-corrected chi connectivity index (χ4v) is 2.19. The minimum absolute atomic E-state index is 0.0576. The molecule has 19 heavy (non-hydrogen) atoms. The second kappa shape index (κ2) is 5.84. The van der Waals surface area contributed by atoms with Crippen LogP contribution in [0.1, 0.15) is 31.2 Å². The highest BCUT2D eigenvalue weighted by Crippen LogP contribution is 2.31. The maximum Gasteiger partial charge on any atom is 0.228 e. The Morgan fingerprint density at radius 3 is 3.00 bits per heavy atom. The summed E-state index contributed by atoms with van der Waals surface area (Å²) in [6.07, 6.45) is 0.924. The summed E-state index contributed by atoms with van der Waals surface area (Å²) in [4.78, 5) is 23.8. The minimum atomic E-state index is -0.405. The first-order valence-electron chi connectivity index (χ1n) is 6.50. The third-order valence-corrected chi connectivity index (χ3v) is 3.22. The van der Waals surface area contributed by atoms with Crippen molar-refractivity contribution in [3.8, 4) is 0 Å². The third-order valence-electron chi connectivity index (χ3n) is 3.22. The number of para-hydroxylation sites is 1. The van der Waals surface area contributed by atoms with Crippen LogP contribution in [0.3, 0.4) is 0 Å². The number of rotatable bonds is 4. The van der Waals surface area contributed by atoms with E-state index in [1.807, 2.05) is 31.2 Å². The molecule has 0 saturated carbocycles. The van der Waals surface area contributed by atoms with Gasteiger partial charge in [0, 0.05) is 24.7 Å². The van der Waals surface area contributed by atoms with Gasteiger partial charge in [0.05, 0.1) is 5.92 Å². The number of anilines is 1. The average Bonchev–Trinajstić information content (AvgIpc) is 2.37. The summed E-state index contributed by atoms with van der Waals surface area (Å²) < 4.78 is 0. The normalized spacial score (nSPS) is 19.3. The standard InChI is InChI=1S/C14H19N3O2/c1-9(15)6-7-16-14(19)11-8-13(18)17-12-5-3-2-4-10(11)12/h2-5,9,11H,6-8,15H2,1H3,(H,16,19)(H,17,18). The number of carbonyl (C=O) groups is 2. The monoisotopic (exact) mass is 261 g/mol. The molecule has 5 nitrogen and oxygen atoms in total. The third kappa shape index (κ3) is 3.32. The molecule has 0 fully saturated rings. The van der Waals surface area contributed by atoms with Gasteiger partial charge < -0.3 is 16.4 Å². The zero-order chi connectivity index (χ0) is 13.8. The zero-order valence-electron chi connectivity index (χ0n) is 11.0. The zero-order valence-corrected chi connectivity index (χ0v) is 11.0. The van der Waals surface area contributed by atoms with E-state index in [0.29, 0.717) is 6.54 Å². The first-order chi connectivity index (χ1) is 9.08. The molecule has 2 amide bonds. The predicted octanol–water partition coefficient (Wildman–Crippen LogP) is 0.966. The molecule has 1 aliphatic heterocycles. The van der Waals surface area contributed by atoms with Crippen LogP contribution in [0.15, 0.2) is 24.3 Å². The Labute approximate surface area is 112 Å². The molecule has 102 valence electrons. The summed E-state index contributed by atoms with van der Waals surface area (Å²) in [6, 6.07) is 7.47. The second-order valence-electron chi connectivity index (χ2n) is 4.95. The molecular formula is C14H19N3O2. The van der Waals surface area contributed by atoms with Crippen molar-refractivity contribution in [3.63, 3.8) is 0 Å². The van der Waals surface area contributed by atoms with Crippen molar-refractivity contribution in [2.24, 2.45) is 5.73 Å². The Bertz CT molecular complexity index is 485. The van der Waals surface area contributed by atoms with E-state index in [-0.39, 0.29) is 24.3 Å². The van der Waals surface area contributed by atoms with Crippen molar-refractivity contribution in [2.45, 2.75) is 31.7 Å². The Hall–Kier alpha value is -1.88. The summed E-state index contributed by atoms with van der Waals surface area (Å²) in [7, 11) is 0. The molecule has 1 aromatic rings. The number of amides is 2. The number of benzene rings is 1. The quantitative estimate of drug-likeness (QED) is 0.755. The highest BCUT2D eigenvalue weighted by Gasteiger charge is 2.29. The van der Waals surface area contributed by atoms with Crippen LogP contribution < -0.4 is 16.4 Å². The number of hydrogen-bond donors (Lipinski definition) is 3. The van der Waals surface area contributed by atoms with Gasteiger partial charge in [0.15, 0.2) is 0 Å². The lowest BCUT2D eigenvalue weighted by atomic mass is 9.90. The average molecular weight is 261 g/mol. The van der Waals surface area contributed by atoms with Crippen molar-refractivity contribution in [3.05, 3.63) is 29.8 Å².